The van der Waals surface area contributed by atoms with Gasteiger partial charge in [-0.1, -0.05) is 11.8 Å². The first-order valence-corrected chi connectivity index (χ1v) is 10.8. The molecule has 1 saturated heterocycles. The van der Waals surface area contributed by atoms with Crippen molar-refractivity contribution < 1.29 is 28.3 Å². The summed E-state index contributed by atoms with van der Waals surface area (Å²) in [4.78, 5) is 27.6. The van der Waals surface area contributed by atoms with Gasteiger partial charge in [-0.2, -0.15) is 0 Å². The summed E-state index contributed by atoms with van der Waals surface area (Å²) < 4.78 is 31.3. The molecule has 11 heteroatoms. The number of nitrogens with zero attached hydrogens (tertiary/aromatic N) is 2. The average Bonchev–Trinajstić information content (AvgIpc) is 2.67. The first kappa shape index (κ1) is 23.4. The molecule has 1 aromatic rings. The number of carbonyl (C=O) groups excluding carboxylic acids is 1. The van der Waals surface area contributed by atoms with Crippen LogP contribution in [-0.2, 0) is 19.7 Å². The Kier molecular flexibility index (Phi) is 6.87. The van der Waals surface area contributed by atoms with Gasteiger partial charge in [0.15, 0.2) is 5.17 Å². The number of non-ortho nitro benzene ring substituents is 1. The van der Waals surface area contributed by atoms with E-state index in [1.807, 2.05) is 0 Å². The lowest BCUT2D eigenvalue weighted by Crippen LogP contribution is -2.52. The maximum atomic E-state index is 14.9. The summed E-state index contributed by atoms with van der Waals surface area (Å²) >= 11 is 1.32. The topological polar surface area (TPSA) is 112 Å². The van der Waals surface area contributed by atoms with Gasteiger partial charge in [-0.3, -0.25) is 15.4 Å². The van der Waals surface area contributed by atoms with Crippen molar-refractivity contribution in [1.29, 1.82) is 0 Å². The fourth-order valence-electron chi connectivity index (χ4n) is 3.74. The second-order valence-electron chi connectivity index (χ2n) is 8.52. The Morgan fingerprint density at radius 2 is 2.23 bits per heavy atom. The first-order valence-electron chi connectivity index (χ1n) is 9.81. The molecular formula is C20H26FN3O6S. The Morgan fingerprint density at radius 3 is 2.87 bits per heavy atom. The van der Waals surface area contributed by atoms with Crippen LogP contribution in [0.1, 0.15) is 32.8 Å². The van der Waals surface area contributed by atoms with Crippen molar-refractivity contribution in [3.8, 4) is 0 Å². The summed E-state index contributed by atoms with van der Waals surface area (Å²) in [5.74, 6) is -0.274. The lowest BCUT2D eigenvalue weighted by atomic mass is 9.75. The maximum Gasteiger partial charge on any atom is 0.413 e. The van der Waals surface area contributed by atoms with E-state index in [-0.39, 0.29) is 35.0 Å². The molecule has 2 aliphatic rings. The van der Waals surface area contributed by atoms with Crippen LogP contribution in [0, 0.1) is 21.8 Å². The van der Waals surface area contributed by atoms with Crippen LogP contribution < -0.4 is 5.32 Å². The van der Waals surface area contributed by atoms with Gasteiger partial charge in [0.05, 0.1) is 24.2 Å². The summed E-state index contributed by atoms with van der Waals surface area (Å²) in [5, 5.41) is 14.2. The largest absolute Gasteiger partial charge is 0.444 e. The van der Waals surface area contributed by atoms with Crippen LogP contribution in [0.25, 0.3) is 0 Å². The number of nitrogens with one attached hydrogen (secondary N) is 1. The van der Waals surface area contributed by atoms with Crippen molar-refractivity contribution in [3.63, 3.8) is 0 Å². The number of amidine groups is 1. The molecule has 0 spiro atoms. The molecule has 3 atom stereocenters. The molecule has 1 unspecified atom stereocenters. The van der Waals surface area contributed by atoms with E-state index in [1.54, 1.807) is 27.9 Å². The molecule has 0 bridgehead atoms. The zero-order chi connectivity index (χ0) is 22.8. The van der Waals surface area contributed by atoms with Gasteiger partial charge >= 0.3 is 6.09 Å². The van der Waals surface area contributed by atoms with Crippen LogP contribution in [0.5, 0.6) is 0 Å². The Hall–Kier alpha value is -2.24. The second-order valence-corrected chi connectivity index (χ2v) is 9.53. The van der Waals surface area contributed by atoms with Gasteiger partial charge in [0.1, 0.15) is 17.0 Å². The Morgan fingerprint density at radius 1 is 1.48 bits per heavy atom. The van der Waals surface area contributed by atoms with E-state index in [9.17, 15) is 19.3 Å². The number of nitro groups is 1. The number of hydrogen-bond donors (Lipinski definition) is 1. The molecular weight excluding hydrogens is 429 g/mol. The number of ether oxygens (including phenoxy) is 3. The zero-order valence-corrected chi connectivity index (χ0v) is 18.7. The number of hydrogen-bond acceptors (Lipinski definition) is 8. The molecule has 1 amide bonds. The highest BCUT2D eigenvalue weighted by Gasteiger charge is 2.50. The third-order valence-electron chi connectivity index (χ3n) is 5.07. The summed E-state index contributed by atoms with van der Waals surface area (Å²) in [7, 11) is 1.57. The van der Waals surface area contributed by atoms with Crippen LogP contribution in [-0.4, -0.2) is 54.0 Å². The Balaban J connectivity index is 2.00. The monoisotopic (exact) mass is 455 g/mol. The van der Waals surface area contributed by atoms with Crippen molar-refractivity contribution >= 4 is 28.7 Å². The number of nitro benzene ring substituents is 1. The first-order chi connectivity index (χ1) is 14.5. The zero-order valence-electron chi connectivity index (χ0n) is 17.8. The van der Waals surface area contributed by atoms with Crippen LogP contribution in [0.4, 0.5) is 14.9 Å². The number of rotatable bonds is 4. The third-order valence-corrected chi connectivity index (χ3v) is 6.11. The summed E-state index contributed by atoms with van der Waals surface area (Å²) in [5.41, 5.74) is -2.07. The van der Waals surface area contributed by atoms with E-state index in [4.69, 9.17) is 14.2 Å². The Labute approximate surface area is 183 Å². The van der Waals surface area contributed by atoms with E-state index < -0.39 is 28.0 Å². The predicted octanol–water partition coefficient (Wildman–Crippen LogP) is 3.61. The highest BCUT2D eigenvalue weighted by atomic mass is 32.2. The fourth-order valence-corrected chi connectivity index (χ4v) is 4.89. The van der Waals surface area contributed by atoms with Gasteiger partial charge in [0.25, 0.3) is 5.69 Å². The van der Waals surface area contributed by atoms with Crippen molar-refractivity contribution in [2.45, 2.75) is 44.4 Å². The van der Waals surface area contributed by atoms with Gasteiger partial charge in [0, 0.05) is 36.5 Å². The smallest absolute Gasteiger partial charge is 0.413 e. The molecule has 31 heavy (non-hydrogen) atoms. The fraction of sp³-hybridized carbons (Fsp3) is 0.600. The number of thioether (sulfide) groups is 1. The van der Waals surface area contributed by atoms with Crippen LogP contribution >= 0.6 is 11.8 Å². The van der Waals surface area contributed by atoms with Gasteiger partial charge in [-0.05, 0) is 33.3 Å². The molecule has 0 radical (unpaired) electrons. The second kappa shape index (κ2) is 9.09. The van der Waals surface area contributed by atoms with Crippen LogP contribution in [0.2, 0.25) is 0 Å². The number of alkyl carbamates (subject to hydrolysis) is 1. The number of fused-ring (bicyclic) bond motifs is 1. The molecule has 0 saturated carbocycles. The molecule has 0 aliphatic carbocycles. The van der Waals surface area contributed by atoms with E-state index in [0.717, 1.165) is 12.1 Å². The standard InChI is InChI=1S/C20H26FN3O6S/c1-19(2,3)30-18(25)22-17-23-20(15-8-13(24(26)27)5-6-16(15)21)11-29-14(9-28-4)7-12(20)10-31-17/h5-6,8,12,14H,7,9-11H2,1-4H3,(H,22,23,25)/t12?,14-,20+/m1/s1. The summed E-state index contributed by atoms with van der Waals surface area (Å²) in [6.45, 7) is 5.60. The summed E-state index contributed by atoms with van der Waals surface area (Å²) in [6, 6.07) is 3.38. The molecule has 9 nitrogen and oxygen atoms in total. The Bertz CT molecular complexity index is 890. The average molecular weight is 456 g/mol. The van der Waals surface area contributed by atoms with E-state index >= 15 is 0 Å². The van der Waals surface area contributed by atoms with E-state index in [0.29, 0.717) is 18.8 Å². The maximum absolute atomic E-state index is 14.9. The highest BCUT2D eigenvalue weighted by molar-refractivity contribution is 8.13. The minimum absolute atomic E-state index is 0.00381. The molecule has 1 N–H and O–H groups in total. The van der Waals surface area contributed by atoms with Crippen molar-refractivity contribution in [1.82, 2.24) is 5.32 Å². The number of amides is 1. The molecule has 2 aliphatic heterocycles. The van der Waals surface area contributed by atoms with Crippen LogP contribution in [0.15, 0.2) is 23.2 Å². The molecule has 1 aromatic carbocycles. The van der Waals surface area contributed by atoms with E-state index in [2.05, 4.69) is 10.3 Å². The molecule has 2 heterocycles. The SMILES string of the molecule is COC[C@H]1CC2CSC(NC(=O)OC(C)(C)C)=N[C@@]2(c2cc([N+](=O)[O-])ccc2F)CO1. The van der Waals surface area contributed by atoms with E-state index in [1.165, 1.54) is 17.8 Å². The number of benzene rings is 1. The number of aliphatic imine (C=N–C) groups is 1. The number of carbonyl (C=O) groups is 1. The quantitative estimate of drug-likeness (QED) is 0.545. The lowest BCUT2D eigenvalue weighted by molar-refractivity contribution is -0.385. The minimum Gasteiger partial charge on any atom is -0.444 e. The van der Waals surface area contributed by atoms with Gasteiger partial charge in [-0.15, -0.1) is 0 Å². The molecule has 0 aromatic heterocycles. The van der Waals surface area contributed by atoms with Crippen molar-refractivity contribution in [2.24, 2.45) is 10.9 Å². The van der Waals surface area contributed by atoms with Crippen LogP contribution in [0.3, 0.4) is 0 Å². The third kappa shape index (κ3) is 5.34. The normalized spacial score (nSPS) is 25.9. The summed E-state index contributed by atoms with van der Waals surface area (Å²) in [6.07, 6.45) is -0.339. The van der Waals surface area contributed by atoms with Crippen molar-refractivity contribution in [3.05, 3.63) is 39.7 Å². The van der Waals surface area contributed by atoms with Gasteiger partial charge in [-0.25, -0.2) is 14.2 Å². The molecule has 1 fully saturated rings. The number of halogens is 1. The molecule has 3 rings (SSSR count). The lowest BCUT2D eigenvalue weighted by Gasteiger charge is -2.46. The highest BCUT2D eigenvalue weighted by Crippen LogP contribution is 2.47. The number of methoxy groups -OCH3 is 1. The van der Waals surface area contributed by atoms with Gasteiger partial charge in [0.2, 0.25) is 0 Å². The molecule has 170 valence electrons. The van der Waals surface area contributed by atoms with Gasteiger partial charge < -0.3 is 14.2 Å². The van der Waals surface area contributed by atoms with Crippen molar-refractivity contribution in [2.75, 3.05) is 26.1 Å². The minimum atomic E-state index is -1.21. The predicted molar refractivity (Wildman–Crippen MR) is 114 cm³/mol.